The Morgan fingerprint density at radius 3 is 1.15 bits per heavy atom. The molecule has 0 aliphatic carbocycles. The first-order valence-electron chi connectivity index (χ1n) is 35.8. The minimum atomic E-state index is -1.99. The molecule has 0 radical (unpaired) electrons. The van der Waals surface area contributed by atoms with Gasteiger partial charge in [-0.25, -0.2) is 0 Å². The monoisotopic (exact) mass is 1310 g/mol. The Balaban J connectivity index is 1.44. The molecule has 1 amide bonds. The Hall–Kier alpha value is -3.03. The van der Waals surface area contributed by atoms with Crippen LogP contribution in [0.15, 0.2) is 85.1 Å². The highest BCUT2D eigenvalue weighted by molar-refractivity contribution is 5.76. The van der Waals surface area contributed by atoms with E-state index in [4.69, 9.17) is 28.4 Å². The average Bonchev–Trinajstić information content (AvgIpc) is 0.855. The van der Waals surface area contributed by atoms with Crippen LogP contribution < -0.4 is 5.32 Å². The van der Waals surface area contributed by atoms with Gasteiger partial charge in [0.05, 0.1) is 38.6 Å². The molecule has 3 heterocycles. The molecule has 17 unspecified atom stereocenters. The van der Waals surface area contributed by atoms with E-state index in [2.05, 4.69) is 79.9 Å². The molecular formula is C73H127NO18. The van der Waals surface area contributed by atoms with Crippen LogP contribution in [0.25, 0.3) is 0 Å². The van der Waals surface area contributed by atoms with Crippen LogP contribution in [0.2, 0.25) is 0 Å². The second kappa shape index (κ2) is 54.0. The number of amides is 1. The summed E-state index contributed by atoms with van der Waals surface area (Å²) >= 11 is 0. The van der Waals surface area contributed by atoms with E-state index in [1.165, 1.54) is 148 Å². The first-order chi connectivity index (χ1) is 44.8. The maximum Gasteiger partial charge on any atom is 0.220 e. The van der Waals surface area contributed by atoms with Gasteiger partial charge < -0.3 is 89.9 Å². The van der Waals surface area contributed by atoms with Crippen molar-refractivity contribution in [1.82, 2.24) is 5.32 Å². The lowest BCUT2D eigenvalue weighted by atomic mass is 9.96. The SMILES string of the molecule is CC/C=C\C/C=C\C/C=C\C/C=C\C/C=C\C/C=C\CCC(=O)NC(COC1OC(CO)C(OC2OC(CO)C(OC3OC(CO)C(O)C(O)C3O)C(O)C2O)C(O)C1O)C(O)/C=C/CCCCCCCCCCCCCCCCCCCCCCCCCCCC. The average molecular weight is 1310 g/mol. The van der Waals surface area contributed by atoms with Crippen LogP contribution in [0, 0.1) is 0 Å². The van der Waals surface area contributed by atoms with Crippen LogP contribution in [0.5, 0.6) is 0 Å². The molecule has 12 N–H and O–H groups in total. The second-order valence-corrected chi connectivity index (χ2v) is 25.3. The summed E-state index contributed by atoms with van der Waals surface area (Å²) in [5.74, 6) is -0.358. The van der Waals surface area contributed by atoms with E-state index < -0.39 is 124 Å². The van der Waals surface area contributed by atoms with Crippen LogP contribution in [-0.2, 0) is 33.2 Å². The van der Waals surface area contributed by atoms with Crippen molar-refractivity contribution in [2.75, 3.05) is 26.4 Å². The molecule has 0 aromatic carbocycles. The minimum Gasteiger partial charge on any atom is -0.394 e. The standard InChI is InChI=1S/C73H127NO18/c1-3-5-7-9-11-13-15-17-19-21-23-24-25-26-27-28-29-30-31-33-34-36-38-40-42-44-46-48-50-57(78)56(74-61(79)51-49-47-45-43-41-39-37-35-32-22-20-18-16-14-12-10-8-6-4-2)55-87-71-67(85)64(82)69(59(53-76)89-71)92-73-68(86)65(83)70(60(54-77)90-73)91-72-66(84)63(81)62(80)58(52-75)88-72/h6,8,12,14,18,20,32,35,39,41,45,47-48,50,56-60,62-73,75-78,80-86H,3-5,7,9-11,13,15-17,19,21-31,33-34,36-38,40,42-44,46,49,51-55H2,1-2H3,(H,74,79)/b8-6-,14-12-,20-18-,35-32-,41-39-,47-45-,50-48+. The molecule has 19 heteroatoms. The Bertz CT molecular complexity index is 2000. The zero-order valence-corrected chi connectivity index (χ0v) is 56.3. The van der Waals surface area contributed by atoms with Gasteiger partial charge in [-0.2, -0.15) is 0 Å². The van der Waals surface area contributed by atoms with Crippen molar-refractivity contribution in [3.8, 4) is 0 Å². The molecule has 3 fully saturated rings. The fourth-order valence-electron chi connectivity index (χ4n) is 11.7. The molecule has 532 valence electrons. The number of hydrogen-bond donors (Lipinski definition) is 12. The molecule has 3 saturated heterocycles. The van der Waals surface area contributed by atoms with E-state index in [0.717, 1.165) is 57.8 Å². The summed E-state index contributed by atoms with van der Waals surface area (Å²) in [5, 5.41) is 120. The quantitative estimate of drug-likeness (QED) is 0.0199. The van der Waals surface area contributed by atoms with Gasteiger partial charge in [0, 0.05) is 6.42 Å². The highest BCUT2D eigenvalue weighted by atomic mass is 16.8. The Kier molecular flexibility index (Phi) is 48.9. The first-order valence-corrected chi connectivity index (χ1v) is 35.8. The van der Waals surface area contributed by atoms with Gasteiger partial charge >= 0.3 is 0 Å². The normalized spacial score (nSPS) is 28.2. The van der Waals surface area contributed by atoms with Crippen molar-refractivity contribution in [3.05, 3.63) is 85.1 Å². The number of hydrogen-bond acceptors (Lipinski definition) is 18. The van der Waals surface area contributed by atoms with Crippen molar-refractivity contribution < 1.29 is 89.4 Å². The third kappa shape index (κ3) is 35.3. The van der Waals surface area contributed by atoms with Crippen molar-refractivity contribution in [2.24, 2.45) is 0 Å². The third-order valence-corrected chi connectivity index (χ3v) is 17.5. The summed E-state index contributed by atoms with van der Waals surface area (Å²) in [5.41, 5.74) is 0. The van der Waals surface area contributed by atoms with Crippen LogP contribution >= 0.6 is 0 Å². The number of allylic oxidation sites excluding steroid dienone is 13. The van der Waals surface area contributed by atoms with Crippen LogP contribution in [0.1, 0.15) is 239 Å². The van der Waals surface area contributed by atoms with Gasteiger partial charge in [-0.1, -0.05) is 259 Å². The molecule has 0 aromatic rings. The van der Waals surface area contributed by atoms with E-state index in [-0.39, 0.29) is 18.9 Å². The molecule has 0 aromatic heterocycles. The zero-order chi connectivity index (χ0) is 66.8. The predicted molar refractivity (Wildman–Crippen MR) is 360 cm³/mol. The highest BCUT2D eigenvalue weighted by Gasteiger charge is 2.53. The second-order valence-electron chi connectivity index (χ2n) is 25.3. The first kappa shape index (κ1) is 83.2. The van der Waals surface area contributed by atoms with Crippen LogP contribution in [0.3, 0.4) is 0 Å². The molecule has 3 rings (SSSR count). The number of rotatable bonds is 54. The van der Waals surface area contributed by atoms with Gasteiger partial charge in [0.25, 0.3) is 0 Å². The lowest BCUT2D eigenvalue weighted by Crippen LogP contribution is -2.66. The van der Waals surface area contributed by atoms with E-state index >= 15 is 0 Å². The lowest BCUT2D eigenvalue weighted by molar-refractivity contribution is -0.379. The number of aliphatic hydroxyl groups excluding tert-OH is 11. The molecule has 17 atom stereocenters. The number of carbonyl (C=O) groups excluding carboxylic acids is 1. The van der Waals surface area contributed by atoms with E-state index in [0.29, 0.717) is 12.8 Å². The Labute approximate surface area is 552 Å². The molecule has 3 aliphatic rings. The van der Waals surface area contributed by atoms with E-state index in [9.17, 15) is 61.0 Å². The molecular weight excluding hydrogens is 1180 g/mol. The van der Waals surface area contributed by atoms with Crippen molar-refractivity contribution in [3.63, 3.8) is 0 Å². The molecule has 0 bridgehead atoms. The highest BCUT2D eigenvalue weighted by Crippen LogP contribution is 2.33. The third-order valence-electron chi connectivity index (χ3n) is 17.5. The molecule has 92 heavy (non-hydrogen) atoms. The molecule has 0 spiro atoms. The smallest absolute Gasteiger partial charge is 0.220 e. The summed E-state index contributed by atoms with van der Waals surface area (Å²) in [4.78, 5) is 13.4. The topological polar surface area (TPSA) is 307 Å². The largest absolute Gasteiger partial charge is 0.394 e. The lowest BCUT2D eigenvalue weighted by Gasteiger charge is -2.48. The summed E-state index contributed by atoms with van der Waals surface area (Å²) in [6, 6.07) is -1.02. The summed E-state index contributed by atoms with van der Waals surface area (Å²) < 4.78 is 34.3. The van der Waals surface area contributed by atoms with Crippen molar-refractivity contribution >= 4 is 5.91 Å². The maximum absolute atomic E-state index is 13.4. The number of unbranched alkanes of at least 4 members (excludes halogenated alkanes) is 26. The van der Waals surface area contributed by atoms with Gasteiger partial charge in [-0.3, -0.25) is 4.79 Å². The molecule has 0 saturated carbocycles. The van der Waals surface area contributed by atoms with E-state index in [1.807, 2.05) is 18.2 Å². The molecule has 19 nitrogen and oxygen atoms in total. The van der Waals surface area contributed by atoms with Crippen molar-refractivity contribution in [2.45, 2.75) is 343 Å². The Morgan fingerprint density at radius 1 is 0.402 bits per heavy atom. The number of aliphatic hydroxyl groups is 11. The predicted octanol–water partition coefficient (Wildman–Crippen LogP) is 9.88. The van der Waals surface area contributed by atoms with Gasteiger partial charge in [0.1, 0.15) is 73.2 Å². The molecule has 3 aliphatic heterocycles. The van der Waals surface area contributed by atoms with Gasteiger partial charge in [0.15, 0.2) is 18.9 Å². The van der Waals surface area contributed by atoms with E-state index in [1.54, 1.807) is 6.08 Å². The fraction of sp³-hybridized carbons (Fsp3) is 0.795. The summed E-state index contributed by atoms with van der Waals surface area (Å²) in [6.07, 6.45) is 43.0. The minimum absolute atomic E-state index is 0.114. The number of ether oxygens (including phenoxy) is 6. The maximum atomic E-state index is 13.4. The summed E-state index contributed by atoms with van der Waals surface area (Å²) in [7, 11) is 0. The fourth-order valence-corrected chi connectivity index (χ4v) is 11.7. The van der Waals surface area contributed by atoms with Crippen molar-refractivity contribution in [1.29, 1.82) is 0 Å². The van der Waals surface area contributed by atoms with Gasteiger partial charge in [0.2, 0.25) is 5.91 Å². The zero-order valence-electron chi connectivity index (χ0n) is 56.3. The van der Waals surface area contributed by atoms with Gasteiger partial charge in [-0.05, 0) is 57.8 Å². The van der Waals surface area contributed by atoms with Gasteiger partial charge in [-0.15, -0.1) is 0 Å². The van der Waals surface area contributed by atoms with Crippen LogP contribution in [0.4, 0.5) is 0 Å². The number of carbonyl (C=O) groups is 1. The number of nitrogens with one attached hydrogen (secondary N) is 1. The summed E-state index contributed by atoms with van der Waals surface area (Å²) in [6.45, 7) is 1.57. The Morgan fingerprint density at radius 2 is 0.750 bits per heavy atom. The van der Waals surface area contributed by atoms with Crippen LogP contribution in [-0.4, -0.2) is 193 Å².